The summed E-state index contributed by atoms with van der Waals surface area (Å²) in [5.74, 6) is 0.680. The standard InChI is InChI=1S/C9H10S2/c1-6(2)8-5-7-3-4-10-9(7)11-8/h3-6H,1-2H3. The third-order valence-corrected chi connectivity index (χ3v) is 4.24. The van der Waals surface area contributed by atoms with Crippen LogP contribution in [0.4, 0.5) is 0 Å². The minimum atomic E-state index is 0.680. The molecule has 2 rings (SSSR count). The van der Waals surface area contributed by atoms with Gasteiger partial charge in [-0.3, -0.25) is 0 Å². The van der Waals surface area contributed by atoms with Gasteiger partial charge >= 0.3 is 0 Å². The maximum atomic E-state index is 2.31. The zero-order chi connectivity index (χ0) is 7.84. The lowest BCUT2D eigenvalue weighted by molar-refractivity contribution is 0.890. The van der Waals surface area contributed by atoms with Crippen molar-refractivity contribution in [1.82, 2.24) is 0 Å². The molecule has 0 aliphatic carbocycles. The second-order valence-corrected chi connectivity index (χ2v) is 5.23. The van der Waals surface area contributed by atoms with E-state index in [4.69, 9.17) is 0 Å². The van der Waals surface area contributed by atoms with Crippen LogP contribution >= 0.6 is 22.7 Å². The average Bonchev–Trinajstić information content (AvgIpc) is 2.40. The highest BCUT2D eigenvalue weighted by molar-refractivity contribution is 7.37. The second-order valence-electron chi connectivity index (χ2n) is 2.97. The van der Waals surface area contributed by atoms with Crippen molar-refractivity contribution in [2.24, 2.45) is 0 Å². The third kappa shape index (κ3) is 1.21. The quantitative estimate of drug-likeness (QED) is 0.623. The van der Waals surface area contributed by atoms with E-state index in [0.29, 0.717) is 5.92 Å². The second kappa shape index (κ2) is 2.61. The van der Waals surface area contributed by atoms with Crippen LogP contribution in [0.3, 0.4) is 0 Å². The SMILES string of the molecule is CC(C)c1cc2ccsc2s1. The maximum Gasteiger partial charge on any atom is 0.0867 e. The lowest BCUT2D eigenvalue weighted by atomic mass is 10.2. The van der Waals surface area contributed by atoms with Crippen molar-refractivity contribution in [3.05, 3.63) is 22.4 Å². The van der Waals surface area contributed by atoms with Gasteiger partial charge in [0.1, 0.15) is 0 Å². The molecule has 2 aromatic rings. The molecule has 58 valence electrons. The topological polar surface area (TPSA) is 0 Å². The Morgan fingerprint density at radius 2 is 2.18 bits per heavy atom. The fourth-order valence-corrected chi connectivity index (χ4v) is 3.20. The monoisotopic (exact) mass is 182 g/mol. The molecule has 0 aromatic carbocycles. The predicted octanol–water partition coefficient (Wildman–Crippen LogP) is 4.09. The van der Waals surface area contributed by atoms with Gasteiger partial charge in [-0.05, 0) is 23.4 Å². The predicted molar refractivity (Wildman–Crippen MR) is 53.8 cm³/mol. The average molecular weight is 182 g/mol. The van der Waals surface area contributed by atoms with E-state index in [9.17, 15) is 0 Å². The summed E-state index contributed by atoms with van der Waals surface area (Å²) in [5.41, 5.74) is 0. The van der Waals surface area contributed by atoms with Crippen molar-refractivity contribution < 1.29 is 0 Å². The summed E-state index contributed by atoms with van der Waals surface area (Å²) in [4.78, 5) is 1.51. The Morgan fingerprint density at radius 3 is 2.82 bits per heavy atom. The van der Waals surface area contributed by atoms with Gasteiger partial charge in [-0.1, -0.05) is 13.8 Å². The van der Waals surface area contributed by atoms with Gasteiger partial charge in [0.15, 0.2) is 0 Å². The first kappa shape index (κ1) is 7.32. The van der Waals surface area contributed by atoms with Crippen LogP contribution < -0.4 is 0 Å². The van der Waals surface area contributed by atoms with Crippen LogP contribution in [-0.2, 0) is 0 Å². The first-order valence-electron chi connectivity index (χ1n) is 3.74. The van der Waals surface area contributed by atoms with Gasteiger partial charge in [-0.25, -0.2) is 0 Å². The molecule has 0 spiro atoms. The molecular formula is C9H10S2. The molecule has 0 aliphatic rings. The summed E-state index contributed by atoms with van der Waals surface area (Å²) in [6.45, 7) is 4.49. The van der Waals surface area contributed by atoms with Crippen LogP contribution in [0.25, 0.3) is 9.40 Å². The van der Waals surface area contributed by atoms with Crippen molar-refractivity contribution >= 4 is 32.1 Å². The first-order chi connectivity index (χ1) is 5.27. The lowest BCUT2D eigenvalue weighted by Gasteiger charge is -1.96. The molecule has 0 fully saturated rings. The van der Waals surface area contributed by atoms with Gasteiger partial charge in [-0.15, -0.1) is 22.7 Å². The minimum absolute atomic E-state index is 0.680. The molecule has 0 unspecified atom stereocenters. The number of hydrogen-bond donors (Lipinski definition) is 0. The van der Waals surface area contributed by atoms with Crippen molar-refractivity contribution in [3.8, 4) is 0 Å². The summed E-state index contributed by atoms with van der Waals surface area (Å²) in [7, 11) is 0. The molecule has 0 radical (unpaired) electrons. The Bertz CT molecular complexity index is 326. The van der Waals surface area contributed by atoms with Crippen LogP contribution in [0.15, 0.2) is 17.5 Å². The van der Waals surface area contributed by atoms with E-state index in [2.05, 4.69) is 31.4 Å². The van der Waals surface area contributed by atoms with Gasteiger partial charge in [0.2, 0.25) is 0 Å². The Hall–Kier alpha value is -0.340. The third-order valence-electron chi connectivity index (χ3n) is 1.74. The van der Waals surface area contributed by atoms with Gasteiger partial charge in [-0.2, -0.15) is 0 Å². The highest BCUT2D eigenvalue weighted by atomic mass is 32.2. The van der Waals surface area contributed by atoms with E-state index in [1.165, 1.54) is 14.3 Å². The largest absolute Gasteiger partial charge is 0.133 e. The molecule has 2 heterocycles. The Kier molecular flexibility index (Phi) is 1.74. The van der Waals surface area contributed by atoms with Gasteiger partial charge in [0.05, 0.1) is 4.01 Å². The zero-order valence-corrected chi connectivity index (χ0v) is 8.26. The molecule has 2 heteroatoms. The lowest BCUT2D eigenvalue weighted by Crippen LogP contribution is -1.77. The first-order valence-corrected chi connectivity index (χ1v) is 5.44. The van der Waals surface area contributed by atoms with E-state index in [1.54, 1.807) is 0 Å². The Balaban J connectivity index is 2.58. The summed E-state index contributed by atoms with van der Waals surface area (Å²) in [6, 6.07) is 4.50. The maximum absolute atomic E-state index is 2.31. The molecule has 0 atom stereocenters. The normalized spacial score (nSPS) is 11.5. The highest BCUT2D eigenvalue weighted by Gasteiger charge is 2.04. The molecule has 0 saturated carbocycles. The van der Waals surface area contributed by atoms with Gasteiger partial charge in [0, 0.05) is 10.3 Å². The van der Waals surface area contributed by atoms with Gasteiger partial charge < -0.3 is 0 Å². The zero-order valence-electron chi connectivity index (χ0n) is 6.63. The summed E-state index contributed by atoms with van der Waals surface area (Å²) < 4.78 is 1.47. The fraction of sp³-hybridized carbons (Fsp3) is 0.333. The molecule has 0 bridgehead atoms. The van der Waals surface area contributed by atoms with Crippen molar-refractivity contribution in [2.75, 3.05) is 0 Å². The van der Waals surface area contributed by atoms with Crippen molar-refractivity contribution in [1.29, 1.82) is 0 Å². The highest BCUT2D eigenvalue weighted by Crippen LogP contribution is 2.33. The molecule has 0 nitrogen and oxygen atoms in total. The number of rotatable bonds is 1. The van der Waals surface area contributed by atoms with Crippen LogP contribution in [0.1, 0.15) is 24.6 Å². The van der Waals surface area contributed by atoms with E-state index >= 15 is 0 Å². The van der Waals surface area contributed by atoms with E-state index < -0.39 is 0 Å². The molecule has 2 aromatic heterocycles. The molecule has 0 amide bonds. The molecule has 0 N–H and O–H groups in total. The summed E-state index contributed by atoms with van der Waals surface area (Å²) in [6.07, 6.45) is 0. The molecule has 11 heavy (non-hydrogen) atoms. The van der Waals surface area contributed by atoms with Crippen LogP contribution in [0, 0.1) is 0 Å². The van der Waals surface area contributed by atoms with Crippen molar-refractivity contribution in [2.45, 2.75) is 19.8 Å². The van der Waals surface area contributed by atoms with E-state index in [1.807, 2.05) is 22.7 Å². The van der Waals surface area contributed by atoms with E-state index in [0.717, 1.165) is 0 Å². The molecular weight excluding hydrogens is 172 g/mol. The number of hydrogen-bond acceptors (Lipinski definition) is 2. The molecule has 0 aliphatic heterocycles. The van der Waals surface area contributed by atoms with Crippen LogP contribution in [-0.4, -0.2) is 0 Å². The molecule has 0 saturated heterocycles. The summed E-state index contributed by atoms with van der Waals surface area (Å²) >= 11 is 3.77. The smallest absolute Gasteiger partial charge is 0.0867 e. The number of fused-ring (bicyclic) bond motifs is 1. The van der Waals surface area contributed by atoms with Crippen LogP contribution in [0.2, 0.25) is 0 Å². The fourth-order valence-electron chi connectivity index (χ4n) is 1.07. The number of thiophene rings is 2. The van der Waals surface area contributed by atoms with Crippen LogP contribution in [0.5, 0.6) is 0 Å². The Morgan fingerprint density at radius 1 is 1.36 bits per heavy atom. The summed E-state index contributed by atoms with van der Waals surface area (Å²) in [5, 5.41) is 3.58. The van der Waals surface area contributed by atoms with Gasteiger partial charge in [0.25, 0.3) is 0 Å². The van der Waals surface area contributed by atoms with E-state index in [-0.39, 0.29) is 0 Å². The Labute approximate surface area is 74.5 Å². The van der Waals surface area contributed by atoms with Crippen molar-refractivity contribution in [3.63, 3.8) is 0 Å². The minimum Gasteiger partial charge on any atom is -0.133 e.